The summed E-state index contributed by atoms with van der Waals surface area (Å²) >= 11 is 0. The van der Waals surface area contributed by atoms with Gasteiger partial charge in [-0.2, -0.15) is 15.0 Å². The number of rotatable bonds is 5. The summed E-state index contributed by atoms with van der Waals surface area (Å²) in [5, 5.41) is 7.98. The van der Waals surface area contributed by atoms with Crippen LogP contribution in [0, 0.1) is 0 Å². The van der Waals surface area contributed by atoms with Crippen molar-refractivity contribution >= 4 is 17.8 Å². The molecule has 1 aromatic heterocycles. The van der Waals surface area contributed by atoms with Crippen LogP contribution in [-0.2, 0) is 4.79 Å². The first kappa shape index (κ1) is 12.0. The van der Waals surface area contributed by atoms with Crippen LogP contribution in [0.2, 0.25) is 0 Å². The van der Waals surface area contributed by atoms with Gasteiger partial charge in [-0.15, -0.1) is 0 Å². The first-order valence-corrected chi connectivity index (χ1v) is 4.62. The molecule has 0 bridgehead atoms. The molecule has 1 heterocycles. The molecule has 8 nitrogen and oxygen atoms in total. The number of likely N-dealkylation sites (N-methyl/N-ethyl adjacent to an activating group) is 1. The second-order valence-electron chi connectivity index (χ2n) is 2.75. The lowest BCUT2D eigenvalue weighted by Crippen LogP contribution is -2.26. The molecule has 0 aliphatic heterocycles. The van der Waals surface area contributed by atoms with E-state index < -0.39 is 0 Å². The van der Waals surface area contributed by atoms with E-state index in [0.29, 0.717) is 5.95 Å². The lowest BCUT2D eigenvalue weighted by atomic mass is 10.6. The van der Waals surface area contributed by atoms with Gasteiger partial charge < -0.3 is 20.7 Å². The zero-order valence-corrected chi connectivity index (χ0v) is 9.37. The summed E-state index contributed by atoms with van der Waals surface area (Å²) in [6, 6.07) is 0.179. The van der Waals surface area contributed by atoms with E-state index in [1.165, 1.54) is 7.11 Å². The van der Waals surface area contributed by atoms with Crippen LogP contribution in [0.15, 0.2) is 0 Å². The van der Waals surface area contributed by atoms with Crippen LogP contribution < -0.4 is 20.7 Å². The number of aromatic nitrogens is 3. The second-order valence-corrected chi connectivity index (χ2v) is 2.75. The van der Waals surface area contributed by atoms with Gasteiger partial charge in [0.15, 0.2) is 0 Å². The molecular weight excluding hydrogens is 212 g/mol. The summed E-state index contributed by atoms with van der Waals surface area (Å²) in [6.07, 6.45) is 0. The van der Waals surface area contributed by atoms with E-state index in [0.717, 1.165) is 0 Å². The van der Waals surface area contributed by atoms with Crippen molar-refractivity contribution < 1.29 is 9.53 Å². The topological polar surface area (TPSA) is 101 Å². The maximum atomic E-state index is 11.0. The zero-order chi connectivity index (χ0) is 12.0. The number of anilines is 2. The van der Waals surface area contributed by atoms with Crippen LogP contribution >= 0.6 is 0 Å². The number of hydrogen-bond acceptors (Lipinski definition) is 7. The summed E-state index contributed by atoms with van der Waals surface area (Å²) in [4.78, 5) is 22.9. The molecule has 8 heteroatoms. The van der Waals surface area contributed by atoms with Crippen molar-refractivity contribution in [3.05, 3.63) is 0 Å². The lowest BCUT2D eigenvalue weighted by Gasteiger charge is -2.06. The predicted octanol–water partition coefficient (Wildman–Crippen LogP) is -0.920. The van der Waals surface area contributed by atoms with Gasteiger partial charge in [-0.25, -0.2) is 0 Å². The van der Waals surface area contributed by atoms with Gasteiger partial charge in [0, 0.05) is 14.1 Å². The number of carbonyl (C=O) groups excluding carboxylic acids is 1. The SMILES string of the molecule is CNC(=O)CNc1nc(NC)nc(OC)n1. The van der Waals surface area contributed by atoms with E-state index in [1.807, 2.05) is 0 Å². The van der Waals surface area contributed by atoms with Crippen molar-refractivity contribution in [3.8, 4) is 6.01 Å². The lowest BCUT2D eigenvalue weighted by molar-refractivity contribution is -0.118. The van der Waals surface area contributed by atoms with Crippen LogP contribution in [0.5, 0.6) is 6.01 Å². The first-order valence-electron chi connectivity index (χ1n) is 4.62. The van der Waals surface area contributed by atoms with E-state index in [4.69, 9.17) is 4.74 Å². The summed E-state index contributed by atoms with van der Waals surface area (Å²) in [5.41, 5.74) is 0. The van der Waals surface area contributed by atoms with Gasteiger partial charge in [-0.3, -0.25) is 4.79 Å². The van der Waals surface area contributed by atoms with Gasteiger partial charge in [0.1, 0.15) is 0 Å². The third-order valence-corrected chi connectivity index (χ3v) is 1.71. The summed E-state index contributed by atoms with van der Waals surface area (Å²) in [7, 11) is 4.69. The zero-order valence-electron chi connectivity index (χ0n) is 9.37. The molecular formula is C8H14N6O2. The van der Waals surface area contributed by atoms with Gasteiger partial charge in [-0.1, -0.05) is 0 Å². The standard InChI is InChI=1S/C8H14N6O2/c1-9-5(15)4-11-7-12-6(10-2)13-8(14-7)16-3/h4H2,1-3H3,(H,9,15)(H2,10,11,12,13,14). The fourth-order valence-corrected chi connectivity index (χ4v) is 0.886. The number of ether oxygens (including phenoxy) is 1. The molecule has 16 heavy (non-hydrogen) atoms. The van der Waals surface area contributed by atoms with Crippen molar-refractivity contribution in [1.82, 2.24) is 20.3 Å². The predicted molar refractivity (Wildman–Crippen MR) is 58.5 cm³/mol. The molecule has 0 radical (unpaired) electrons. The molecule has 0 aliphatic rings. The highest BCUT2D eigenvalue weighted by Gasteiger charge is 2.06. The quantitative estimate of drug-likeness (QED) is 0.596. The van der Waals surface area contributed by atoms with Crippen LogP contribution in [0.3, 0.4) is 0 Å². The smallest absolute Gasteiger partial charge is 0.322 e. The number of methoxy groups -OCH3 is 1. The minimum atomic E-state index is -0.162. The fourth-order valence-electron chi connectivity index (χ4n) is 0.886. The Labute approximate surface area is 92.8 Å². The van der Waals surface area contributed by atoms with Gasteiger partial charge >= 0.3 is 6.01 Å². The van der Waals surface area contributed by atoms with Crippen LogP contribution in [0.1, 0.15) is 0 Å². The van der Waals surface area contributed by atoms with Gasteiger partial charge in [0.25, 0.3) is 0 Å². The second kappa shape index (κ2) is 5.69. The molecule has 0 saturated heterocycles. The molecule has 0 saturated carbocycles. The maximum Gasteiger partial charge on any atom is 0.322 e. The Kier molecular flexibility index (Phi) is 4.25. The van der Waals surface area contributed by atoms with E-state index in [9.17, 15) is 4.79 Å². The van der Waals surface area contributed by atoms with Crippen LogP contribution in [-0.4, -0.2) is 48.6 Å². The highest BCUT2D eigenvalue weighted by Crippen LogP contribution is 2.09. The molecule has 1 amide bonds. The Morgan fingerprint density at radius 2 is 1.94 bits per heavy atom. The van der Waals surface area contributed by atoms with Crippen molar-refractivity contribution in [1.29, 1.82) is 0 Å². The van der Waals surface area contributed by atoms with Crippen molar-refractivity contribution in [2.24, 2.45) is 0 Å². The average Bonchev–Trinajstić information content (AvgIpc) is 2.35. The Balaban J connectivity index is 2.74. The third kappa shape index (κ3) is 3.23. The van der Waals surface area contributed by atoms with Gasteiger partial charge in [0.05, 0.1) is 13.7 Å². The van der Waals surface area contributed by atoms with Gasteiger partial charge in [-0.05, 0) is 0 Å². The number of nitrogens with zero attached hydrogens (tertiary/aromatic N) is 3. The van der Waals surface area contributed by atoms with E-state index in [1.54, 1.807) is 14.1 Å². The number of amides is 1. The maximum absolute atomic E-state index is 11.0. The summed E-state index contributed by atoms with van der Waals surface area (Å²) in [5.74, 6) is 0.483. The van der Waals surface area contributed by atoms with Crippen LogP contribution in [0.25, 0.3) is 0 Å². The highest BCUT2D eigenvalue weighted by molar-refractivity contribution is 5.79. The molecule has 3 N–H and O–H groups in total. The molecule has 88 valence electrons. The first-order chi connectivity index (χ1) is 7.69. The summed E-state index contributed by atoms with van der Waals surface area (Å²) < 4.78 is 4.89. The Morgan fingerprint density at radius 1 is 1.25 bits per heavy atom. The van der Waals surface area contributed by atoms with Crippen molar-refractivity contribution in [2.45, 2.75) is 0 Å². The monoisotopic (exact) mass is 226 g/mol. The Bertz CT molecular complexity index is 347. The molecule has 0 aliphatic carbocycles. The van der Waals surface area contributed by atoms with E-state index in [-0.39, 0.29) is 24.4 Å². The fraction of sp³-hybridized carbons (Fsp3) is 0.500. The average molecular weight is 226 g/mol. The van der Waals surface area contributed by atoms with Gasteiger partial charge in [0.2, 0.25) is 17.8 Å². The van der Waals surface area contributed by atoms with Crippen molar-refractivity contribution in [3.63, 3.8) is 0 Å². The molecule has 1 aromatic rings. The largest absolute Gasteiger partial charge is 0.467 e. The third-order valence-electron chi connectivity index (χ3n) is 1.71. The number of nitrogens with one attached hydrogen (secondary N) is 3. The van der Waals surface area contributed by atoms with E-state index in [2.05, 4.69) is 30.9 Å². The molecule has 0 fully saturated rings. The molecule has 0 unspecified atom stereocenters. The molecule has 0 atom stereocenters. The highest BCUT2D eigenvalue weighted by atomic mass is 16.5. The Morgan fingerprint density at radius 3 is 2.50 bits per heavy atom. The Hall–Kier alpha value is -2.12. The van der Waals surface area contributed by atoms with Crippen LogP contribution in [0.4, 0.5) is 11.9 Å². The number of hydrogen-bond donors (Lipinski definition) is 3. The van der Waals surface area contributed by atoms with E-state index >= 15 is 0 Å². The normalized spacial score (nSPS) is 9.44. The molecule has 1 rings (SSSR count). The minimum absolute atomic E-state index is 0.0901. The molecule has 0 aromatic carbocycles. The summed E-state index contributed by atoms with van der Waals surface area (Å²) in [6.45, 7) is 0.0901. The van der Waals surface area contributed by atoms with Crippen molar-refractivity contribution in [2.75, 3.05) is 38.4 Å². The molecule has 0 spiro atoms. The number of carbonyl (C=O) groups is 1. The minimum Gasteiger partial charge on any atom is -0.467 e.